The van der Waals surface area contributed by atoms with Crippen LogP contribution in [0.1, 0.15) is 30.5 Å². The molecule has 0 bridgehead atoms. The Hall–Kier alpha value is -1.56. The van der Waals surface area contributed by atoms with Crippen LogP contribution in [0.15, 0.2) is 17.1 Å². The lowest BCUT2D eigenvalue weighted by molar-refractivity contribution is -0.123. The van der Waals surface area contributed by atoms with Crippen LogP contribution in [0, 0.1) is 12.8 Å². The fourth-order valence-electron chi connectivity index (χ4n) is 1.95. The summed E-state index contributed by atoms with van der Waals surface area (Å²) in [6.07, 6.45) is 0.975. The van der Waals surface area contributed by atoms with Crippen molar-refractivity contribution in [3.8, 4) is 0 Å². The van der Waals surface area contributed by atoms with Gasteiger partial charge in [0.05, 0.1) is 0 Å². The lowest BCUT2D eigenvalue weighted by atomic mass is 10.2. The van der Waals surface area contributed by atoms with Crippen molar-refractivity contribution in [3.05, 3.63) is 21.9 Å². The first-order valence-electron chi connectivity index (χ1n) is 7.72. The van der Waals surface area contributed by atoms with E-state index in [9.17, 15) is 4.79 Å². The lowest BCUT2D eigenvalue weighted by Gasteiger charge is -2.17. The van der Waals surface area contributed by atoms with Gasteiger partial charge in [0.15, 0.2) is 5.96 Å². The third-order valence-corrected chi connectivity index (χ3v) is 4.17. The van der Waals surface area contributed by atoms with Gasteiger partial charge in [-0.15, -0.1) is 11.3 Å². The first-order valence-corrected chi connectivity index (χ1v) is 8.54. The molecule has 1 aromatic rings. The predicted octanol–water partition coefficient (Wildman–Crippen LogP) is 1.92. The minimum Gasteiger partial charge on any atom is -0.355 e. The van der Waals surface area contributed by atoms with Crippen molar-refractivity contribution in [2.45, 2.75) is 40.2 Å². The molecule has 0 aliphatic heterocycles. The van der Waals surface area contributed by atoms with Gasteiger partial charge in [0.1, 0.15) is 0 Å². The fraction of sp³-hybridized carbons (Fsp3) is 0.625. The average Bonchev–Trinajstić information content (AvgIpc) is 2.86. The summed E-state index contributed by atoms with van der Waals surface area (Å²) in [5.74, 6) is 0.859. The molecule has 1 aromatic heterocycles. The second-order valence-electron chi connectivity index (χ2n) is 5.71. The van der Waals surface area contributed by atoms with Crippen LogP contribution in [0.4, 0.5) is 0 Å². The second-order valence-corrected chi connectivity index (χ2v) is 7.08. The number of amides is 1. The van der Waals surface area contributed by atoms with Crippen LogP contribution in [-0.2, 0) is 11.2 Å². The van der Waals surface area contributed by atoms with E-state index in [-0.39, 0.29) is 11.8 Å². The highest BCUT2D eigenvalue weighted by molar-refractivity contribution is 7.11. The maximum Gasteiger partial charge on any atom is 0.222 e. The molecular weight excluding hydrogens is 296 g/mol. The molecule has 22 heavy (non-hydrogen) atoms. The summed E-state index contributed by atoms with van der Waals surface area (Å²) in [4.78, 5) is 18.4. The number of guanidine groups is 1. The van der Waals surface area contributed by atoms with Gasteiger partial charge in [-0.3, -0.25) is 9.79 Å². The van der Waals surface area contributed by atoms with Gasteiger partial charge < -0.3 is 16.0 Å². The quantitative estimate of drug-likeness (QED) is 0.408. The molecule has 0 saturated carbocycles. The summed E-state index contributed by atoms with van der Waals surface area (Å²) in [7, 11) is 1.75. The highest BCUT2D eigenvalue weighted by atomic mass is 32.1. The van der Waals surface area contributed by atoms with E-state index in [2.05, 4.69) is 46.9 Å². The molecule has 1 unspecified atom stereocenters. The molecule has 1 amide bonds. The highest BCUT2D eigenvalue weighted by Gasteiger charge is 2.08. The third-order valence-electron chi connectivity index (χ3n) is 3.15. The van der Waals surface area contributed by atoms with Crippen molar-refractivity contribution in [3.63, 3.8) is 0 Å². The van der Waals surface area contributed by atoms with E-state index in [0.29, 0.717) is 19.1 Å². The lowest BCUT2D eigenvalue weighted by Crippen LogP contribution is -2.45. The van der Waals surface area contributed by atoms with Gasteiger partial charge in [-0.05, 0) is 26.0 Å². The fourth-order valence-corrected chi connectivity index (χ4v) is 2.97. The maximum atomic E-state index is 11.5. The van der Waals surface area contributed by atoms with Crippen molar-refractivity contribution >= 4 is 23.2 Å². The Morgan fingerprint density at radius 2 is 1.91 bits per heavy atom. The smallest absolute Gasteiger partial charge is 0.222 e. The maximum absolute atomic E-state index is 11.5. The Morgan fingerprint density at radius 1 is 1.23 bits per heavy atom. The first kappa shape index (κ1) is 18.5. The Kier molecular flexibility index (Phi) is 7.95. The summed E-state index contributed by atoms with van der Waals surface area (Å²) in [6.45, 7) is 9.29. The second kappa shape index (κ2) is 9.46. The molecule has 5 nitrogen and oxygen atoms in total. The number of nitrogens with zero attached hydrogens (tertiary/aromatic N) is 1. The van der Waals surface area contributed by atoms with Crippen molar-refractivity contribution < 1.29 is 4.79 Å². The molecule has 0 fully saturated rings. The Bertz CT molecular complexity index is 496. The molecule has 1 rings (SSSR count). The zero-order valence-corrected chi connectivity index (χ0v) is 15.0. The van der Waals surface area contributed by atoms with Crippen LogP contribution in [-0.4, -0.2) is 38.0 Å². The molecule has 3 N–H and O–H groups in total. The van der Waals surface area contributed by atoms with Crippen molar-refractivity contribution in [2.75, 3.05) is 20.1 Å². The van der Waals surface area contributed by atoms with E-state index < -0.39 is 0 Å². The van der Waals surface area contributed by atoms with E-state index in [4.69, 9.17) is 0 Å². The van der Waals surface area contributed by atoms with Crippen LogP contribution in [0.3, 0.4) is 0 Å². The van der Waals surface area contributed by atoms with Crippen LogP contribution in [0.2, 0.25) is 0 Å². The molecule has 124 valence electrons. The number of thiophene rings is 1. The molecule has 0 spiro atoms. The number of carbonyl (C=O) groups is 1. The number of aliphatic imine (C=N–C) groups is 1. The zero-order valence-electron chi connectivity index (χ0n) is 14.2. The monoisotopic (exact) mass is 324 g/mol. The summed E-state index contributed by atoms with van der Waals surface area (Å²) in [5, 5.41) is 9.46. The number of nitrogens with one attached hydrogen (secondary N) is 3. The Balaban J connectivity index is 2.28. The van der Waals surface area contributed by atoms with Gasteiger partial charge in [0.25, 0.3) is 0 Å². The molecule has 0 aromatic carbocycles. The highest BCUT2D eigenvalue weighted by Crippen LogP contribution is 2.16. The molecule has 0 saturated heterocycles. The van der Waals surface area contributed by atoms with Crippen LogP contribution >= 0.6 is 11.3 Å². The molecule has 0 aliphatic carbocycles. The summed E-state index contributed by atoms with van der Waals surface area (Å²) < 4.78 is 0. The van der Waals surface area contributed by atoms with Crippen LogP contribution in [0.5, 0.6) is 0 Å². The molecular formula is C16H28N4OS. The van der Waals surface area contributed by atoms with E-state index in [0.717, 1.165) is 12.4 Å². The predicted molar refractivity (Wildman–Crippen MR) is 94.6 cm³/mol. The average molecular weight is 324 g/mol. The number of carbonyl (C=O) groups excluding carboxylic acids is 1. The van der Waals surface area contributed by atoms with Gasteiger partial charge in [0, 0.05) is 48.3 Å². The van der Waals surface area contributed by atoms with Crippen molar-refractivity contribution in [1.82, 2.24) is 16.0 Å². The van der Waals surface area contributed by atoms with Crippen LogP contribution in [0.25, 0.3) is 0 Å². The van der Waals surface area contributed by atoms with E-state index in [1.54, 1.807) is 7.05 Å². The van der Waals surface area contributed by atoms with Crippen molar-refractivity contribution in [1.29, 1.82) is 0 Å². The standard InChI is InChI=1S/C16H28N4OS/c1-11(2)15(21)18-8-9-19-16(17-5)20-12(3)10-14-7-6-13(4)22-14/h6-7,11-12H,8-10H2,1-5H3,(H,18,21)(H2,17,19,20). The Labute approximate surface area is 137 Å². The van der Waals surface area contributed by atoms with E-state index >= 15 is 0 Å². The normalized spacial score (nSPS) is 13.1. The number of hydrogen-bond donors (Lipinski definition) is 3. The van der Waals surface area contributed by atoms with E-state index in [1.165, 1.54) is 9.75 Å². The third kappa shape index (κ3) is 6.93. The largest absolute Gasteiger partial charge is 0.355 e. The summed E-state index contributed by atoms with van der Waals surface area (Å²) in [5.41, 5.74) is 0. The minimum absolute atomic E-state index is 0.0201. The Morgan fingerprint density at radius 3 is 2.45 bits per heavy atom. The molecule has 1 atom stereocenters. The zero-order chi connectivity index (χ0) is 16.5. The number of hydrogen-bond acceptors (Lipinski definition) is 3. The molecule has 0 radical (unpaired) electrons. The van der Waals surface area contributed by atoms with Gasteiger partial charge in [-0.2, -0.15) is 0 Å². The van der Waals surface area contributed by atoms with Gasteiger partial charge in [0.2, 0.25) is 5.91 Å². The topological polar surface area (TPSA) is 65.5 Å². The SMILES string of the molecule is CN=C(NCCNC(=O)C(C)C)NC(C)Cc1ccc(C)s1. The molecule has 1 heterocycles. The summed E-state index contributed by atoms with van der Waals surface area (Å²) >= 11 is 1.83. The summed E-state index contributed by atoms with van der Waals surface area (Å²) in [6, 6.07) is 4.63. The van der Waals surface area contributed by atoms with Gasteiger partial charge in [-0.1, -0.05) is 13.8 Å². The first-order chi connectivity index (χ1) is 10.4. The molecule has 6 heteroatoms. The minimum atomic E-state index is 0.0201. The number of aryl methyl sites for hydroxylation is 1. The van der Waals surface area contributed by atoms with E-state index in [1.807, 2.05) is 25.2 Å². The van der Waals surface area contributed by atoms with Gasteiger partial charge >= 0.3 is 0 Å². The number of rotatable bonds is 7. The van der Waals surface area contributed by atoms with Gasteiger partial charge in [-0.25, -0.2) is 0 Å². The molecule has 0 aliphatic rings. The van der Waals surface area contributed by atoms with Crippen molar-refractivity contribution in [2.24, 2.45) is 10.9 Å². The van der Waals surface area contributed by atoms with Crippen LogP contribution < -0.4 is 16.0 Å².